The molecule has 1 heterocycles. The van der Waals surface area contributed by atoms with Crippen LogP contribution in [0.1, 0.15) is 30.9 Å². The highest BCUT2D eigenvalue weighted by Crippen LogP contribution is 2.29. The van der Waals surface area contributed by atoms with Crippen molar-refractivity contribution in [3.05, 3.63) is 58.6 Å². The summed E-state index contributed by atoms with van der Waals surface area (Å²) in [5, 5.41) is 3.44. The maximum absolute atomic E-state index is 13.0. The van der Waals surface area contributed by atoms with Gasteiger partial charge in [0.15, 0.2) is 0 Å². The van der Waals surface area contributed by atoms with Gasteiger partial charge in [-0.25, -0.2) is 8.42 Å². The molecule has 2 aromatic rings. The highest BCUT2D eigenvalue weighted by atomic mass is 35.5. The van der Waals surface area contributed by atoms with Gasteiger partial charge in [0.25, 0.3) is 0 Å². The van der Waals surface area contributed by atoms with Crippen molar-refractivity contribution >= 4 is 33.2 Å². The number of hydrogen-bond donors (Lipinski definition) is 1. The van der Waals surface area contributed by atoms with Gasteiger partial charge in [0.05, 0.1) is 4.90 Å². The minimum atomic E-state index is -3.75. The summed E-state index contributed by atoms with van der Waals surface area (Å²) in [5.41, 5.74) is 2.78. The Balaban J connectivity index is 1.86. The van der Waals surface area contributed by atoms with E-state index < -0.39 is 16.1 Å². The maximum atomic E-state index is 13.0. The van der Waals surface area contributed by atoms with Crippen molar-refractivity contribution in [3.63, 3.8) is 0 Å². The van der Waals surface area contributed by atoms with Gasteiger partial charge in [0, 0.05) is 17.3 Å². The summed E-state index contributed by atoms with van der Waals surface area (Å²) >= 11 is 5.86. The molecule has 1 aliphatic rings. The number of rotatable bonds is 5. The SMILES string of the molecule is CCc1cccc(C)c1NC(=O)[C@H]1CCCN1S(=O)(=O)c1ccc(Cl)cc1. The average Bonchev–Trinajstić information content (AvgIpc) is 3.14. The monoisotopic (exact) mass is 406 g/mol. The molecule has 1 N–H and O–H groups in total. The molecule has 1 fully saturated rings. The normalized spacial score (nSPS) is 17.8. The molecule has 0 unspecified atom stereocenters. The molecule has 144 valence electrons. The first-order valence-electron chi connectivity index (χ1n) is 9.01. The fourth-order valence-electron chi connectivity index (χ4n) is 3.44. The van der Waals surface area contributed by atoms with Crippen LogP contribution in [0.3, 0.4) is 0 Å². The van der Waals surface area contributed by atoms with E-state index in [1.807, 2.05) is 32.0 Å². The molecule has 1 amide bonds. The first kappa shape index (κ1) is 19.9. The van der Waals surface area contributed by atoms with E-state index >= 15 is 0 Å². The number of anilines is 1. The molecule has 0 bridgehead atoms. The van der Waals surface area contributed by atoms with Crippen molar-refractivity contribution in [2.24, 2.45) is 0 Å². The number of nitrogens with one attached hydrogen (secondary N) is 1. The fourth-order valence-corrected chi connectivity index (χ4v) is 5.22. The van der Waals surface area contributed by atoms with Crippen LogP contribution in [-0.4, -0.2) is 31.2 Å². The molecule has 27 heavy (non-hydrogen) atoms. The van der Waals surface area contributed by atoms with Crippen molar-refractivity contribution in [1.82, 2.24) is 4.31 Å². The van der Waals surface area contributed by atoms with Crippen LogP contribution in [0.2, 0.25) is 5.02 Å². The van der Waals surface area contributed by atoms with Crippen LogP contribution >= 0.6 is 11.6 Å². The minimum absolute atomic E-state index is 0.150. The molecule has 0 aliphatic carbocycles. The van der Waals surface area contributed by atoms with Crippen LogP contribution in [0.5, 0.6) is 0 Å². The smallest absolute Gasteiger partial charge is 0.243 e. The summed E-state index contributed by atoms with van der Waals surface area (Å²) in [4.78, 5) is 13.1. The molecule has 0 saturated carbocycles. The van der Waals surface area contributed by atoms with Gasteiger partial charge in [0.1, 0.15) is 6.04 Å². The van der Waals surface area contributed by atoms with Gasteiger partial charge >= 0.3 is 0 Å². The maximum Gasteiger partial charge on any atom is 0.243 e. The van der Waals surface area contributed by atoms with Gasteiger partial charge in [-0.1, -0.05) is 36.7 Å². The largest absolute Gasteiger partial charge is 0.324 e. The molecule has 0 aromatic heterocycles. The molecule has 3 rings (SSSR count). The van der Waals surface area contributed by atoms with Crippen molar-refractivity contribution < 1.29 is 13.2 Å². The molecule has 1 saturated heterocycles. The van der Waals surface area contributed by atoms with Crippen LogP contribution in [0.15, 0.2) is 47.4 Å². The fraction of sp³-hybridized carbons (Fsp3) is 0.350. The Morgan fingerprint density at radius 2 is 1.93 bits per heavy atom. The number of amides is 1. The van der Waals surface area contributed by atoms with Crippen molar-refractivity contribution in [2.45, 2.75) is 44.0 Å². The van der Waals surface area contributed by atoms with Crippen LogP contribution in [-0.2, 0) is 21.2 Å². The Bertz CT molecular complexity index is 942. The number of halogens is 1. The molecule has 0 radical (unpaired) electrons. The van der Waals surface area contributed by atoms with Gasteiger partial charge in [-0.2, -0.15) is 4.31 Å². The van der Waals surface area contributed by atoms with Crippen LogP contribution in [0.25, 0.3) is 0 Å². The van der Waals surface area contributed by atoms with Gasteiger partial charge in [0.2, 0.25) is 15.9 Å². The van der Waals surface area contributed by atoms with Crippen LogP contribution < -0.4 is 5.32 Å². The third-order valence-corrected chi connectivity index (χ3v) is 7.09. The molecule has 0 spiro atoms. The minimum Gasteiger partial charge on any atom is -0.324 e. The highest BCUT2D eigenvalue weighted by molar-refractivity contribution is 7.89. The van der Waals surface area contributed by atoms with E-state index in [-0.39, 0.29) is 10.8 Å². The summed E-state index contributed by atoms with van der Waals surface area (Å²) in [6, 6.07) is 11.2. The van der Waals surface area contributed by atoms with Crippen molar-refractivity contribution in [3.8, 4) is 0 Å². The number of sulfonamides is 1. The summed E-state index contributed by atoms with van der Waals surface area (Å²) in [6.45, 7) is 4.29. The summed E-state index contributed by atoms with van der Waals surface area (Å²) < 4.78 is 27.3. The molecule has 1 aliphatic heterocycles. The molecular formula is C20H23ClN2O3S. The van der Waals surface area contributed by atoms with E-state index in [1.54, 1.807) is 12.1 Å². The molecule has 7 heteroatoms. The number of aryl methyl sites for hydroxylation is 2. The molecular weight excluding hydrogens is 384 g/mol. The predicted molar refractivity (Wildman–Crippen MR) is 108 cm³/mol. The predicted octanol–water partition coefficient (Wildman–Crippen LogP) is 4.00. The number of nitrogens with zero attached hydrogens (tertiary/aromatic N) is 1. The van der Waals surface area contributed by atoms with Crippen LogP contribution in [0, 0.1) is 6.92 Å². The number of para-hydroxylation sites is 1. The first-order chi connectivity index (χ1) is 12.8. The molecule has 2 aromatic carbocycles. The number of hydrogen-bond acceptors (Lipinski definition) is 3. The zero-order valence-electron chi connectivity index (χ0n) is 15.4. The van der Waals surface area contributed by atoms with Crippen molar-refractivity contribution in [1.29, 1.82) is 0 Å². The summed E-state index contributed by atoms with van der Waals surface area (Å²) in [6.07, 6.45) is 1.94. The highest BCUT2D eigenvalue weighted by Gasteiger charge is 2.39. The van der Waals surface area contributed by atoms with E-state index in [0.29, 0.717) is 24.4 Å². The van der Waals surface area contributed by atoms with Gasteiger partial charge < -0.3 is 5.32 Å². The average molecular weight is 407 g/mol. The zero-order chi connectivity index (χ0) is 19.6. The Labute approximate surface area is 165 Å². The summed E-state index contributed by atoms with van der Waals surface area (Å²) in [7, 11) is -3.75. The first-order valence-corrected chi connectivity index (χ1v) is 10.8. The second-order valence-corrected chi connectivity index (χ2v) is 9.01. The van der Waals surface area contributed by atoms with E-state index in [4.69, 9.17) is 11.6 Å². The third-order valence-electron chi connectivity index (χ3n) is 4.91. The van der Waals surface area contributed by atoms with E-state index in [1.165, 1.54) is 16.4 Å². The number of carbonyl (C=O) groups is 1. The lowest BCUT2D eigenvalue weighted by atomic mass is 10.1. The lowest BCUT2D eigenvalue weighted by Crippen LogP contribution is -2.43. The lowest BCUT2D eigenvalue weighted by molar-refractivity contribution is -0.119. The van der Waals surface area contributed by atoms with Gasteiger partial charge in [-0.15, -0.1) is 0 Å². The van der Waals surface area contributed by atoms with Gasteiger partial charge in [-0.05, 0) is 61.6 Å². The Morgan fingerprint density at radius 1 is 1.22 bits per heavy atom. The lowest BCUT2D eigenvalue weighted by Gasteiger charge is -2.24. The van der Waals surface area contributed by atoms with E-state index in [0.717, 1.165) is 23.2 Å². The second-order valence-electron chi connectivity index (χ2n) is 6.68. The van der Waals surface area contributed by atoms with Crippen molar-refractivity contribution in [2.75, 3.05) is 11.9 Å². The van der Waals surface area contributed by atoms with Crippen LogP contribution in [0.4, 0.5) is 5.69 Å². The number of carbonyl (C=O) groups excluding carboxylic acids is 1. The quantitative estimate of drug-likeness (QED) is 0.815. The Kier molecular flexibility index (Phi) is 5.89. The molecule has 5 nitrogen and oxygen atoms in total. The third kappa shape index (κ3) is 4.03. The standard InChI is InChI=1S/C20H23ClN2O3S/c1-3-15-7-4-6-14(2)19(15)22-20(24)18-8-5-13-23(18)27(25,26)17-11-9-16(21)10-12-17/h4,6-7,9-12,18H,3,5,8,13H2,1-2H3,(H,22,24)/t18-/m1/s1. The van der Waals surface area contributed by atoms with E-state index in [9.17, 15) is 13.2 Å². The Morgan fingerprint density at radius 3 is 2.59 bits per heavy atom. The van der Waals surface area contributed by atoms with E-state index in [2.05, 4.69) is 5.32 Å². The molecule has 1 atom stereocenters. The zero-order valence-corrected chi connectivity index (χ0v) is 17.0. The summed E-state index contributed by atoms with van der Waals surface area (Å²) in [5.74, 6) is -0.283. The second kappa shape index (κ2) is 8.00. The number of benzene rings is 2. The van der Waals surface area contributed by atoms with Gasteiger partial charge in [-0.3, -0.25) is 4.79 Å². The topological polar surface area (TPSA) is 66.5 Å². The Hall–Kier alpha value is -1.89.